The van der Waals surface area contributed by atoms with E-state index in [1.54, 1.807) is 0 Å². The summed E-state index contributed by atoms with van der Waals surface area (Å²) in [6, 6.07) is 22.5. The number of hydrogen-bond acceptors (Lipinski definition) is 0. The molecule has 0 radical (unpaired) electrons. The molecule has 0 saturated carbocycles. The molecule has 0 aliphatic rings. The molecule has 0 saturated heterocycles. The van der Waals surface area contributed by atoms with Crippen molar-refractivity contribution in [1.29, 1.82) is 0 Å². The third-order valence-corrected chi connectivity index (χ3v) is 9.34. The van der Waals surface area contributed by atoms with Gasteiger partial charge in [-0.2, -0.15) is 0 Å². The molecule has 34 heavy (non-hydrogen) atoms. The Morgan fingerprint density at radius 3 is 0.882 bits per heavy atom. The molecule has 0 aliphatic carbocycles. The Morgan fingerprint density at radius 1 is 0.324 bits per heavy atom. The average molecular weight is 702 g/mol. The summed E-state index contributed by atoms with van der Waals surface area (Å²) in [7, 11) is 0. The zero-order valence-corrected chi connectivity index (χ0v) is 25.6. The lowest BCUT2D eigenvalue weighted by Crippen LogP contribution is -1.90. The molecule has 5 aromatic rings. The maximum atomic E-state index is 3.88. The summed E-state index contributed by atoms with van der Waals surface area (Å²) in [4.78, 5) is 0. The Balaban J connectivity index is 1.67. The molecule has 170 valence electrons. The van der Waals surface area contributed by atoms with E-state index in [4.69, 9.17) is 0 Å². The van der Waals surface area contributed by atoms with E-state index in [1.165, 1.54) is 54.9 Å². The number of rotatable bonds is 2. The highest BCUT2D eigenvalue weighted by Crippen LogP contribution is 2.44. The number of aryl methyl sites for hydroxylation is 4. The van der Waals surface area contributed by atoms with Crippen LogP contribution in [0, 0.1) is 27.7 Å². The molecule has 0 aromatic heterocycles. The maximum Gasteiger partial charge on any atom is 0.0261 e. The summed E-state index contributed by atoms with van der Waals surface area (Å²) in [6.45, 7) is 8.66. The van der Waals surface area contributed by atoms with Crippen LogP contribution in [0.1, 0.15) is 22.3 Å². The van der Waals surface area contributed by atoms with Crippen LogP contribution in [0.15, 0.2) is 78.6 Å². The maximum absolute atomic E-state index is 3.88. The minimum absolute atomic E-state index is 1.06. The van der Waals surface area contributed by atoms with E-state index in [2.05, 4.69) is 152 Å². The van der Waals surface area contributed by atoms with Crippen molar-refractivity contribution < 1.29 is 0 Å². The first-order chi connectivity index (χ1) is 16.1. The molecule has 4 heteroatoms. The van der Waals surface area contributed by atoms with Crippen molar-refractivity contribution in [3.8, 4) is 22.3 Å². The summed E-state index contributed by atoms with van der Waals surface area (Å²) < 4.78 is 4.28. The molecule has 5 rings (SSSR count). The van der Waals surface area contributed by atoms with Crippen LogP contribution in [0.4, 0.5) is 0 Å². The summed E-state index contributed by atoms with van der Waals surface area (Å²) in [5.41, 5.74) is 9.86. The van der Waals surface area contributed by atoms with Gasteiger partial charge in [-0.25, -0.2) is 0 Å². The second kappa shape index (κ2) is 9.20. The van der Waals surface area contributed by atoms with Gasteiger partial charge in [-0.3, -0.25) is 0 Å². The van der Waals surface area contributed by atoms with Gasteiger partial charge in [0.05, 0.1) is 0 Å². The van der Waals surface area contributed by atoms with Gasteiger partial charge in [0, 0.05) is 17.9 Å². The van der Waals surface area contributed by atoms with Crippen LogP contribution in [-0.2, 0) is 0 Å². The molecule has 0 N–H and O–H groups in total. The van der Waals surface area contributed by atoms with E-state index < -0.39 is 0 Å². The normalized spacial score (nSPS) is 11.5. The topological polar surface area (TPSA) is 0 Å². The van der Waals surface area contributed by atoms with Crippen molar-refractivity contribution >= 4 is 85.3 Å². The van der Waals surface area contributed by atoms with Gasteiger partial charge < -0.3 is 0 Å². The highest BCUT2D eigenvalue weighted by molar-refractivity contribution is 9.11. The molecule has 5 aromatic carbocycles. The molecular formula is C30H22Br4. The van der Waals surface area contributed by atoms with Gasteiger partial charge in [0.2, 0.25) is 0 Å². The van der Waals surface area contributed by atoms with Crippen LogP contribution < -0.4 is 0 Å². The smallest absolute Gasteiger partial charge is 0.0261 e. The molecule has 0 heterocycles. The highest BCUT2D eigenvalue weighted by Gasteiger charge is 2.16. The lowest BCUT2D eigenvalue weighted by Gasteiger charge is -2.16. The molecule has 0 nitrogen and oxygen atoms in total. The van der Waals surface area contributed by atoms with Gasteiger partial charge >= 0.3 is 0 Å². The first kappa shape index (κ1) is 24.2. The minimum atomic E-state index is 1.06. The van der Waals surface area contributed by atoms with Crippen molar-refractivity contribution in [2.45, 2.75) is 27.7 Å². The van der Waals surface area contributed by atoms with Crippen LogP contribution in [-0.4, -0.2) is 0 Å². The molecule has 0 spiro atoms. The third-order valence-electron chi connectivity index (χ3n) is 6.71. The summed E-state index contributed by atoms with van der Waals surface area (Å²) in [5.74, 6) is 0. The fourth-order valence-electron chi connectivity index (χ4n) is 4.47. The molecule has 0 fully saturated rings. The highest BCUT2D eigenvalue weighted by atomic mass is 79.9. The van der Waals surface area contributed by atoms with Crippen LogP contribution in [0.3, 0.4) is 0 Å². The second-order valence-electron chi connectivity index (χ2n) is 9.04. The Morgan fingerprint density at radius 2 is 0.559 bits per heavy atom. The Kier molecular flexibility index (Phi) is 6.56. The van der Waals surface area contributed by atoms with E-state index in [-0.39, 0.29) is 0 Å². The van der Waals surface area contributed by atoms with Gasteiger partial charge in [0.25, 0.3) is 0 Å². The van der Waals surface area contributed by atoms with Crippen molar-refractivity contribution in [2.75, 3.05) is 0 Å². The van der Waals surface area contributed by atoms with E-state index in [9.17, 15) is 0 Å². The van der Waals surface area contributed by atoms with Crippen LogP contribution in [0.5, 0.6) is 0 Å². The zero-order valence-electron chi connectivity index (χ0n) is 19.3. The van der Waals surface area contributed by atoms with Crippen LogP contribution in [0.25, 0.3) is 43.8 Å². The molecule has 0 atom stereocenters. The summed E-state index contributed by atoms with van der Waals surface area (Å²) in [6.07, 6.45) is 0. The third kappa shape index (κ3) is 4.32. The van der Waals surface area contributed by atoms with Crippen molar-refractivity contribution in [3.05, 3.63) is 101 Å². The van der Waals surface area contributed by atoms with E-state index in [0.29, 0.717) is 0 Å². The van der Waals surface area contributed by atoms with Gasteiger partial charge in [-0.15, -0.1) is 0 Å². The predicted octanol–water partition coefficient (Wildman–Crippen LogP) is 11.6. The average Bonchev–Trinajstić information content (AvgIpc) is 2.77. The molecular weight excluding hydrogens is 680 g/mol. The zero-order chi connectivity index (χ0) is 24.3. The van der Waals surface area contributed by atoms with Gasteiger partial charge in [0.15, 0.2) is 0 Å². The fourth-order valence-corrected chi connectivity index (χ4v) is 6.73. The van der Waals surface area contributed by atoms with E-state index in [0.717, 1.165) is 29.0 Å². The van der Waals surface area contributed by atoms with Crippen LogP contribution in [0.2, 0.25) is 0 Å². The lowest BCUT2D eigenvalue weighted by atomic mass is 9.95. The number of halogens is 4. The Hall–Kier alpha value is -1.46. The molecule has 0 aliphatic heterocycles. The number of fused-ring (bicyclic) bond motifs is 2. The summed E-state index contributed by atoms with van der Waals surface area (Å²) >= 11 is 15.4. The fraction of sp³-hybridized carbons (Fsp3) is 0.133. The second-order valence-corrected chi connectivity index (χ2v) is 12.5. The Labute approximate surface area is 234 Å². The van der Waals surface area contributed by atoms with Crippen LogP contribution >= 0.6 is 63.7 Å². The Bertz CT molecular complexity index is 1510. The standard InChI is InChI=1S/C30H22Br4/c1-15-5-19-9-23(27(31)11-21(19)7-17(15)3)25-13-30(34)26(14-29(25)33)24-10-20-6-16(2)18(4)8-22(20)12-28(24)32/h5-14H,1-4H3. The number of benzene rings is 5. The predicted molar refractivity (Wildman–Crippen MR) is 162 cm³/mol. The first-order valence-electron chi connectivity index (χ1n) is 11.0. The first-order valence-corrected chi connectivity index (χ1v) is 14.2. The largest absolute Gasteiger partial charge is 0.0512 e. The lowest BCUT2D eigenvalue weighted by molar-refractivity contribution is 1.36. The quantitative estimate of drug-likeness (QED) is 0.172. The molecule has 0 bridgehead atoms. The van der Waals surface area contributed by atoms with Gasteiger partial charge in [-0.05, 0) is 130 Å². The van der Waals surface area contributed by atoms with Crippen molar-refractivity contribution in [2.24, 2.45) is 0 Å². The molecule has 0 amide bonds. The van der Waals surface area contributed by atoms with E-state index in [1.807, 2.05) is 0 Å². The minimum Gasteiger partial charge on any atom is -0.0512 e. The van der Waals surface area contributed by atoms with Crippen molar-refractivity contribution in [1.82, 2.24) is 0 Å². The van der Waals surface area contributed by atoms with Gasteiger partial charge in [-0.1, -0.05) is 88.0 Å². The van der Waals surface area contributed by atoms with Crippen molar-refractivity contribution in [3.63, 3.8) is 0 Å². The monoisotopic (exact) mass is 698 g/mol. The molecule has 0 unspecified atom stereocenters. The summed E-state index contributed by atoms with van der Waals surface area (Å²) in [5, 5.41) is 4.99. The van der Waals surface area contributed by atoms with Gasteiger partial charge in [0.1, 0.15) is 0 Å². The number of hydrogen-bond donors (Lipinski definition) is 0. The van der Waals surface area contributed by atoms with E-state index >= 15 is 0 Å². The SMILES string of the molecule is Cc1cc2cc(Br)c(-c3cc(Br)c(-c4cc5cc(C)c(C)cc5cc4Br)cc3Br)cc2cc1C.